The molecule has 0 saturated carbocycles. The highest BCUT2D eigenvalue weighted by molar-refractivity contribution is 5.91. The molecule has 0 unspecified atom stereocenters. The number of fused-ring (bicyclic) bond motifs is 1. The minimum atomic E-state index is -0.314. The molecule has 7 heteroatoms. The van der Waals surface area contributed by atoms with Crippen LogP contribution in [0.3, 0.4) is 0 Å². The Balaban J connectivity index is 1.40. The maximum absolute atomic E-state index is 12.4. The first-order chi connectivity index (χ1) is 13.7. The summed E-state index contributed by atoms with van der Waals surface area (Å²) in [6.45, 7) is 0.754. The third-order valence-electron chi connectivity index (χ3n) is 4.36. The molecule has 0 saturated heterocycles. The van der Waals surface area contributed by atoms with Crippen molar-refractivity contribution in [3.63, 3.8) is 0 Å². The van der Waals surface area contributed by atoms with Crippen LogP contribution in [0.4, 0.5) is 0 Å². The molecule has 3 aromatic heterocycles. The number of nitrogens with one attached hydrogen (secondary N) is 1. The Labute approximate surface area is 161 Å². The second kappa shape index (κ2) is 7.87. The first kappa shape index (κ1) is 17.7. The standard InChI is InChI=1S/C21H19N5O2/c27-20-10-9-18(24-26(20)14-16-6-2-1-3-7-16)21(28)22-12-11-17-15-25-13-5-4-8-19(25)23-17/h1-10,13,15H,11-12,14H2,(H,22,28). The summed E-state index contributed by atoms with van der Waals surface area (Å²) < 4.78 is 3.24. The van der Waals surface area contributed by atoms with Crippen molar-refractivity contribution in [2.24, 2.45) is 0 Å². The minimum absolute atomic E-state index is 0.213. The summed E-state index contributed by atoms with van der Waals surface area (Å²) in [7, 11) is 0. The zero-order valence-electron chi connectivity index (χ0n) is 15.2. The Morgan fingerprint density at radius 2 is 1.82 bits per heavy atom. The molecule has 0 fully saturated rings. The van der Waals surface area contributed by atoms with Crippen molar-refractivity contribution in [3.8, 4) is 0 Å². The molecule has 0 aliphatic heterocycles. The van der Waals surface area contributed by atoms with Crippen molar-refractivity contribution in [3.05, 3.63) is 100 Å². The van der Waals surface area contributed by atoms with Crippen LogP contribution < -0.4 is 10.9 Å². The molecule has 140 valence electrons. The number of aromatic nitrogens is 4. The van der Waals surface area contributed by atoms with Crippen LogP contribution in [0.15, 0.2) is 77.9 Å². The monoisotopic (exact) mass is 373 g/mol. The molecule has 28 heavy (non-hydrogen) atoms. The maximum Gasteiger partial charge on any atom is 0.271 e. The van der Waals surface area contributed by atoms with Gasteiger partial charge in [-0.1, -0.05) is 36.4 Å². The summed E-state index contributed by atoms with van der Waals surface area (Å²) in [5.74, 6) is -0.314. The summed E-state index contributed by atoms with van der Waals surface area (Å²) in [6.07, 6.45) is 4.49. The molecule has 0 aliphatic carbocycles. The van der Waals surface area contributed by atoms with E-state index in [1.54, 1.807) is 0 Å². The second-order valence-corrected chi connectivity index (χ2v) is 6.40. The van der Waals surface area contributed by atoms with Gasteiger partial charge in [0.25, 0.3) is 11.5 Å². The maximum atomic E-state index is 12.4. The van der Waals surface area contributed by atoms with Crippen LogP contribution in [-0.2, 0) is 13.0 Å². The van der Waals surface area contributed by atoms with Crippen molar-refractivity contribution < 1.29 is 4.79 Å². The van der Waals surface area contributed by atoms with Crippen LogP contribution in [0.5, 0.6) is 0 Å². The molecule has 0 bridgehead atoms. The van der Waals surface area contributed by atoms with Gasteiger partial charge in [0.05, 0.1) is 12.2 Å². The molecule has 1 amide bonds. The molecule has 3 heterocycles. The number of amides is 1. The highest BCUT2D eigenvalue weighted by atomic mass is 16.2. The lowest BCUT2D eigenvalue weighted by atomic mass is 10.2. The van der Waals surface area contributed by atoms with Crippen molar-refractivity contribution in [1.29, 1.82) is 0 Å². The lowest BCUT2D eigenvalue weighted by Crippen LogP contribution is -2.31. The number of benzene rings is 1. The van der Waals surface area contributed by atoms with Crippen molar-refractivity contribution >= 4 is 11.6 Å². The Morgan fingerprint density at radius 1 is 1.00 bits per heavy atom. The molecule has 4 aromatic rings. The predicted octanol–water partition coefficient (Wildman–Crippen LogP) is 1.91. The first-order valence-corrected chi connectivity index (χ1v) is 9.02. The number of pyridine rings is 1. The third kappa shape index (κ3) is 3.98. The van der Waals surface area contributed by atoms with Gasteiger partial charge in [-0.3, -0.25) is 9.59 Å². The largest absolute Gasteiger partial charge is 0.350 e. The quantitative estimate of drug-likeness (QED) is 0.560. The molecule has 1 aromatic carbocycles. The molecule has 1 N–H and O–H groups in total. The van der Waals surface area contributed by atoms with E-state index in [-0.39, 0.29) is 17.2 Å². The van der Waals surface area contributed by atoms with Gasteiger partial charge in [0.2, 0.25) is 0 Å². The van der Waals surface area contributed by atoms with E-state index in [0.29, 0.717) is 19.5 Å². The van der Waals surface area contributed by atoms with Gasteiger partial charge in [-0.2, -0.15) is 5.10 Å². The number of carbonyl (C=O) groups is 1. The van der Waals surface area contributed by atoms with E-state index in [0.717, 1.165) is 16.9 Å². The SMILES string of the molecule is O=C(NCCc1cn2ccccc2n1)c1ccc(=O)n(Cc2ccccc2)n1. The van der Waals surface area contributed by atoms with Gasteiger partial charge in [0.1, 0.15) is 11.3 Å². The average molecular weight is 373 g/mol. The van der Waals surface area contributed by atoms with Gasteiger partial charge < -0.3 is 9.72 Å². The van der Waals surface area contributed by atoms with Crippen LogP contribution >= 0.6 is 0 Å². The Bertz CT molecular complexity index is 1130. The number of imidazole rings is 1. The van der Waals surface area contributed by atoms with Crippen LogP contribution in [-0.4, -0.2) is 31.6 Å². The van der Waals surface area contributed by atoms with E-state index in [9.17, 15) is 9.59 Å². The minimum Gasteiger partial charge on any atom is -0.350 e. The molecule has 0 spiro atoms. The topological polar surface area (TPSA) is 81.3 Å². The van der Waals surface area contributed by atoms with Crippen LogP contribution in [0.1, 0.15) is 21.7 Å². The number of nitrogens with zero attached hydrogens (tertiary/aromatic N) is 4. The fraction of sp³-hybridized carbons (Fsp3) is 0.143. The smallest absolute Gasteiger partial charge is 0.271 e. The van der Waals surface area contributed by atoms with Gasteiger partial charge in [0.15, 0.2) is 0 Å². The molecule has 0 radical (unpaired) electrons. The zero-order valence-corrected chi connectivity index (χ0v) is 15.2. The van der Waals surface area contributed by atoms with Gasteiger partial charge in [-0.15, -0.1) is 0 Å². The summed E-state index contributed by atoms with van der Waals surface area (Å²) in [5, 5.41) is 7.04. The number of hydrogen-bond donors (Lipinski definition) is 1. The molecule has 0 aliphatic rings. The number of hydrogen-bond acceptors (Lipinski definition) is 4. The lowest BCUT2D eigenvalue weighted by molar-refractivity contribution is 0.0946. The van der Waals surface area contributed by atoms with Crippen molar-refractivity contribution in [1.82, 2.24) is 24.5 Å². The van der Waals surface area contributed by atoms with E-state index in [2.05, 4.69) is 15.4 Å². The molecule has 7 nitrogen and oxygen atoms in total. The van der Waals surface area contributed by atoms with Gasteiger partial charge in [-0.05, 0) is 23.8 Å². The van der Waals surface area contributed by atoms with Crippen LogP contribution in [0.25, 0.3) is 5.65 Å². The van der Waals surface area contributed by atoms with E-state index in [1.807, 2.05) is 65.3 Å². The Kier molecular flexibility index (Phi) is 4.97. The molecule has 0 atom stereocenters. The Hall–Kier alpha value is -3.74. The third-order valence-corrected chi connectivity index (χ3v) is 4.36. The lowest BCUT2D eigenvalue weighted by Gasteiger charge is -2.07. The summed E-state index contributed by atoms with van der Waals surface area (Å²) in [6, 6.07) is 18.2. The van der Waals surface area contributed by atoms with Crippen molar-refractivity contribution in [2.45, 2.75) is 13.0 Å². The highest BCUT2D eigenvalue weighted by Crippen LogP contribution is 2.05. The predicted molar refractivity (Wildman–Crippen MR) is 105 cm³/mol. The molecular weight excluding hydrogens is 354 g/mol. The fourth-order valence-corrected chi connectivity index (χ4v) is 2.94. The van der Waals surface area contributed by atoms with Crippen LogP contribution in [0, 0.1) is 0 Å². The van der Waals surface area contributed by atoms with Gasteiger partial charge in [0, 0.05) is 31.4 Å². The normalized spacial score (nSPS) is 10.9. The highest BCUT2D eigenvalue weighted by Gasteiger charge is 2.10. The average Bonchev–Trinajstić information content (AvgIpc) is 3.13. The Morgan fingerprint density at radius 3 is 2.64 bits per heavy atom. The summed E-state index contributed by atoms with van der Waals surface area (Å²) in [5.41, 5.74) is 2.68. The molecule has 4 rings (SSSR count). The van der Waals surface area contributed by atoms with Crippen LogP contribution in [0.2, 0.25) is 0 Å². The zero-order chi connectivity index (χ0) is 19.3. The fourth-order valence-electron chi connectivity index (χ4n) is 2.94. The molecular formula is C21H19N5O2. The second-order valence-electron chi connectivity index (χ2n) is 6.40. The van der Waals surface area contributed by atoms with E-state index in [1.165, 1.54) is 16.8 Å². The number of rotatable bonds is 6. The van der Waals surface area contributed by atoms with E-state index < -0.39 is 0 Å². The first-order valence-electron chi connectivity index (χ1n) is 9.02. The summed E-state index contributed by atoms with van der Waals surface area (Å²) in [4.78, 5) is 29.0. The number of carbonyl (C=O) groups excluding carboxylic acids is 1. The van der Waals surface area contributed by atoms with Crippen molar-refractivity contribution in [2.75, 3.05) is 6.54 Å². The summed E-state index contributed by atoms with van der Waals surface area (Å²) >= 11 is 0. The van der Waals surface area contributed by atoms with E-state index in [4.69, 9.17) is 0 Å². The van der Waals surface area contributed by atoms with Gasteiger partial charge >= 0.3 is 0 Å². The van der Waals surface area contributed by atoms with E-state index >= 15 is 0 Å². The van der Waals surface area contributed by atoms with Gasteiger partial charge in [-0.25, -0.2) is 9.67 Å².